The number of aromatic nitrogens is 2. The summed E-state index contributed by atoms with van der Waals surface area (Å²) in [4.78, 5) is 4.46. The summed E-state index contributed by atoms with van der Waals surface area (Å²) in [5.74, 6) is 0.776. The van der Waals surface area contributed by atoms with E-state index in [0.29, 0.717) is 6.54 Å². The van der Waals surface area contributed by atoms with Gasteiger partial charge in [0, 0.05) is 22.2 Å². The molecule has 100 valence electrons. The lowest BCUT2D eigenvalue weighted by atomic mass is 10.2. The molecule has 2 rings (SSSR count). The maximum absolute atomic E-state index is 6.21. The zero-order valence-electron chi connectivity index (χ0n) is 10.9. The van der Waals surface area contributed by atoms with Gasteiger partial charge in [0.1, 0.15) is 0 Å². The molecule has 0 amide bonds. The molecular weight excluding hydrogens is 326 g/mol. The fraction of sp³-hybridized carbons (Fsp3) is 0.214. The highest BCUT2D eigenvalue weighted by molar-refractivity contribution is 9.10. The van der Waals surface area contributed by atoms with Crippen molar-refractivity contribution < 1.29 is 0 Å². The predicted molar refractivity (Wildman–Crippen MR) is 84.4 cm³/mol. The first-order valence-electron chi connectivity index (χ1n) is 5.89. The predicted octanol–water partition coefficient (Wildman–Crippen LogP) is 4.50. The number of hydrogen-bond donors (Lipinski definition) is 1. The summed E-state index contributed by atoms with van der Waals surface area (Å²) in [6.07, 6.45) is 3.77. The number of nitrogens with one attached hydrogen (secondary N) is 1. The molecule has 2 aromatic rings. The number of hydrogen-bond acceptors (Lipinski definition) is 2. The van der Waals surface area contributed by atoms with E-state index in [0.717, 1.165) is 32.4 Å². The largest absolute Gasteiger partial charge is 0.352 e. The number of nitrogens with zero attached hydrogens (tertiary/aromatic N) is 2. The Balaban J connectivity index is 2.52. The van der Waals surface area contributed by atoms with E-state index in [2.05, 4.69) is 32.8 Å². The van der Waals surface area contributed by atoms with Gasteiger partial charge in [-0.1, -0.05) is 17.7 Å². The molecule has 0 aliphatic rings. The molecule has 0 radical (unpaired) electrons. The fourth-order valence-electron chi connectivity index (χ4n) is 1.79. The van der Waals surface area contributed by atoms with Crippen molar-refractivity contribution in [3.05, 3.63) is 51.7 Å². The van der Waals surface area contributed by atoms with Crippen molar-refractivity contribution in [2.45, 2.75) is 13.8 Å². The maximum Gasteiger partial charge on any atom is 0.208 e. The second-order valence-corrected chi connectivity index (χ2v) is 5.56. The Morgan fingerprint density at radius 3 is 2.89 bits per heavy atom. The lowest BCUT2D eigenvalue weighted by Gasteiger charge is -2.12. The van der Waals surface area contributed by atoms with Crippen LogP contribution in [0.5, 0.6) is 0 Å². The van der Waals surface area contributed by atoms with E-state index in [1.54, 1.807) is 6.08 Å². The Morgan fingerprint density at radius 1 is 1.47 bits per heavy atom. The first-order valence-corrected chi connectivity index (χ1v) is 7.06. The summed E-state index contributed by atoms with van der Waals surface area (Å²) >= 11 is 9.78. The molecule has 1 aromatic carbocycles. The summed E-state index contributed by atoms with van der Waals surface area (Å²) in [6.45, 7) is 8.30. The second-order valence-electron chi connectivity index (χ2n) is 4.30. The van der Waals surface area contributed by atoms with Crippen LogP contribution in [0.2, 0.25) is 5.02 Å². The topological polar surface area (TPSA) is 29.9 Å². The lowest BCUT2D eigenvalue weighted by Crippen LogP contribution is -2.06. The molecule has 0 spiro atoms. The number of anilines is 1. The minimum atomic E-state index is 0.660. The molecule has 5 heteroatoms. The van der Waals surface area contributed by atoms with Gasteiger partial charge >= 0.3 is 0 Å². The zero-order valence-corrected chi connectivity index (χ0v) is 13.2. The standard InChI is InChI=1S/C14H15BrClN3/c1-4-5-17-14-18-10(3)8-19(14)13-7-12(16)9(2)6-11(13)15/h4,6-8H,1,5H2,2-3H3,(H,17,18). The van der Waals surface area contributed by atoms with Gasteiger partial charge in [-0.05, 0) is 47.5 Å². The normalized spacial score (nSPS) is 10.5. The Bertz CT molecular complexity index is 619. The molecule has 0 fully saturated rings. The number of rotatable bonds is 4. The van der Waals surface area contributed by atoms with Crippen LogP contribution in [0.25, 0.3) is 5.69 Å². The van der Waals surface area contributed by atoms with Crippen LogP contribution in [0.15, 0.2) is 35.5 Å². The van der Waals surface area contributed by atoms with Crippen LogP contribution >= 0.6 is 27.5 Å². The van der Waals surface area contributed by atoms with E-state index in [1.165, 1.54) is 0 Å². The van der Waals surface area contributed by atoms with Gasteiger partial charge in [-0.15, -0.1) is 6.58 Å². The number of imidazole rings is 1. The summed E-state index contributed by atoms with van der Waals surface area (Å²) in [5, 5.41) is 3.95. The molecule has 0 atom stereocenters. The Labute approximate surface area is 126 Å². The maximum atomic E-state index is 6.21. The number of aryl methyl sites for hydroxylation is 2. The van der Waals surface area contributed by atoms with Gasteiger partial charge in [0.15, 0.2) is 0 Å². The third kappa shape index (κ3) is 3.01. The van der Waals surface area contributed by atoms with Crippen molar-refractivity contribution in [1.29, 1.82) is 0 Å². The first-order chi connectivity index (χ1) is 9.02. The van der Waals surface area contributed by atoms with Gasteiger partial charge < -0.3 is 5.32 Å². The highest BCUT2D eigenvalue weighted by Gasteiger charge is 2.11. The monoisotopic (exact) mass is 339 g/mol. The Hall–Kier alpha value is -1.26. The molecule has 0 bridgehead atoms. The van der Waals surface area contributed by atoms with Crippen LogP contribution in [0.3, 0.4) is 0 Å². The van der Waals surface area contributed by atoms with Gasteiger partial charge in [-0.25, -0.2) is 4.98 Å². The van der Waals surface area contributed by atoms with Gasteiger partial charge in [0.25, 0.3) is 0 Å². The number of halogens is 2. The molecule has 0 aliphatic carbocycles. The van der Waals surface area contributed by atoms with E-state index in [1.807, 2.05) is 36.7 Å². The van der Waals surface area contributed by atoms with E-state index in [9.17, 15) is 0 Å². The van der Waals surface area contributed by atoms with Crippen LogP contribution in [0.4, 0.5) is 5.95 Å². The zero-order chi connectivity index (χ0) is 14.0. The number of benzene rings is 1. The average Bonchev–Trinajstić information content (AvgIpc) is 2.72. The van der Waals surface area contributed by atoms with Crippen LogP contribution < -0.4 is 5.32 Å². The minimum Gasteiger partial charge on any atom is -0.352 e. The molecule has 1 heterocycles. The Kier molecular flexibility index (Phi) is 4.32. The molecule has 0 unspecified atom stereocenters. The van der Waals surface area contributed by atoms with Crippen LogP contribution in [0.1, 0.15) is 11.3 Å². The van der Waals surface area contributed by atoms with Crippen LogP contribution in [0, 0.1) is 13.8 Å². The molecule has 3 nitrogen and oxygen atoms in total. The van der Waals surface area contributed by atoms with Gasteiger partial charge in [-0.3, -0.25) is 4.57 Å². The minimum absolute atomic E-state index is 0.660. The summed E-state index contributed by atoms with van der Waals surface area (Å²) < 4.78 is 2.96. The lowest BCUT2D eigenvalue weighted by molar-refractivity contribution is 1.03. The molecule has 0 saturated carbocycles. The summed E-state index contributed by atoms with van der Waals surface area (Å²) in [7, 11) is 0. The Morgan fingerprint density at radius 2 is 2.21 bits per heavy atom. The van der Waals surface area contributed by atoms with E-state index in [-0.39, 0.29) is 0 Å². The quantitative estimate of drug-likeness (QED) is 0.830. The first kappa shape index (κ1) is 14.2. The molecule has 0 saturated heterocycles. The van der Waals surface area contributed by atoms with Gasteiger partial charge in [0.05, 0.1) is 11.4 Å². The molecular formula is C14H15BrClN3. The fourth-order valence-corrected chi connectivity index (χ4v) is 2.60. The smallest absolute Gasteiger partial charge is 0.208 e. The summed E-state index contributed by atoms with van der Waals surface area (Å²) in [6, 6.07) is 3.94. The van der Waals surface area contributed by atoms with Gasteiger partial charge in [-0.2, -0.15) is 0 Å². The average molecular weight is 341 g/mol. The van der Waals surface area contributed by atoms with Crippen molar-refractivity contribution in [2.75, 3.05) is 11.9 Å². The SMILES string of the molecule is C=CCNc1nc(C)cn1-c1cc(Cl)c(C)cc1Br. The molecule has 1 aromatic heterocycles. The van der Waals surface area contributed by atoms with Crippen LogP contribution in [-0.4, -0.2) is 16.1 Å². The second kappa shape index (κ2) is 5.80. The van der Waals surface area contributed by atoms with E-state index >= 15 is 0 Å². The van der Waals surface area contributed by atoms with E-state index in [4.69, 9.17) is 11.6 Å². The third-order valence-corrected chi connectivity index (χ3v) is 3.76. The van der Waals surface area contributed by atoms with Gasteiger partial charge in [0.2, 0.25) is 5.95 Å². The molecule has 19 heavy (non-hydrogen) atoms. The third-order valence-electron chi connectivity index (χ3n) is 2.72. The van der Waals surface area contributed by atoms with Crippen molar-refractivity contribution in [1.82, 2.24) is 9.55 Å². The van der Waals surface area contributed by atoms with Crippen LogP contribution in [-0.2, 0) is 0 Å². The van der Waals surface area contributed by atoms with E-state index < -0.39 is 0 Å². The molecule has 0 aliphatic heterocycles. The molecule has 1 N–H and O–H groups in total. The van der Waals surface area contributed by atoms with Crippen molar-refractivity contribution in [3.8, 4) is 5.69 Å². The highest BCUT2D eigenvalue weighted by Crippen LogP contribution is 2.30. The van der Waals surface area contributed by atoms with Crippen molar-refractivity contribution in [2.24, 2.45) is 0 Å². The highest BCUT2D eigenvalue weighted by atomic mass is 79.9. The van der Waals surface area contributed by atoms with Crippen molar-refractivity contribution in [3.63, 3.8) is 0 Å². The van der Waals surface area contributed by atoms with Crippen molar-refractivity contribution >= 4 is 33.5 Å². The summed E-state index contributed by atoms with van der Waals surface area (Å²) in [5.41, 5.74) is 2.94.